The molecule has 1 rings (SSSR count). The Balaban J connectivity index is 2.21. The fourth-order valence-electron chi connectivity index (χ4n) is 1.49. The Morgan fingerprint density at radius 1 is 1.21 bits per heavy atom. The van der Waals surface area contributed by atoms with Gasteiger partial charge in [-0.3, -0.25) is 0 Å². The van der Waals surface area contributed by atoms with Gasteiger partial charge in [-0.05, 0) is 55.6 Å². The molecule has 0 aromatic heterocycles. The quantitative estimate of drug-likeness (QED) is 0.558. The third-order valence-electron chi connectivity index (χ3n) is 2.47. The average molecular weight is 370 g/mol. The van der Waals surface area contributed by atoms with Gasteiger partial charge in [0.05, 0.1) is 10.0 Å². The van der Waals surface area contributed by atoms with Crippen molar-refractivity contribution < 1.29 is 4.74 Å². The third-order valence-corrected chi connectivity index (χ3v) is 3.96. The normalized spacial score (nSPS) is 11.1. The van der Waals surface area contributed by atoms with Crippen LogP contribution in [0.1, 0.15) is 6.42 Å². The van der Waals surface area contributed by atoms with Crippen LogP contribution in [0.25, 0.3) is 0 Å². The zero-order chi connectivity index (χ0) is 14.3. The first-order valence-corrected chi connectivity index (χ1v) is 7.68. The summed E-state index contributed by atoms with van der Waals surface area (Å²) in [6.45, 7) is 3.43. The first-order chi connectivity index (χ1) is 9.00. The van der Waals surface area contributed by atoms with Crippen LogP contribution in [0.2, 0.25) is 10.0 Å². The Morgan fingerprint density at radius 2 is 1.95 bits per heavy atom. The second kappa shape index (κ2) is 9.03. The molecule has 1 N–H and O–H groups in total. The molecular weight excluding hydrogens is 351 g/mol. The molecule has 0 atom stereocenters. The number of hydrogen-bond acceptors (Lipinski definition) is 3. The topological polar surface area (TPSA) is 24.5 Å². The number of nitrogens with one attached hydrogen (secondary N) is 1. The number of ether oxygens (including phenoxy) is 1. The summed E-state index contributed by atoms with van der Waals surface area (Å²) in [7, 11) is 4.14. The molecule has 0 saturated heterocycles. The summed E-state index contributed by atoms with van der Waals surface area (Å²) < 4.78 is 6.36. The van der Waals surface area contributed by atoms with Crippen molar-refractivity contribution in [1.29, 1.82) is 0 Å². The van der Waals surface area contributed by atoms with Gasteiger partial charge in [-0.2, -0.15) is 0 Å². The highest BCUT2D eigenvalue weighted by Gasteiger charge is 2.06. The third kappa shape index (κ3) is 6.82. The molecule has 0 amide bonds. The summed E-state index contributed by atoms with van der Waals surface area (Å²) in [6, 6.07) is 3.46. The van der Waals surface area contributed by atoms with Gasteiger partial charge in [0.2, 0.25) is 0 Å². The molecule has 6 heteroatoms. The van der Waals surface area contributed by atoms with E-state index in [1.807, 2.05) is 0 Å². The lowest BCUT2D eigenvalue weighted by Gasteiger charge is -2.11. The molecule has 0 saturated carbocycles. The SMILES string of the molecule is CN(C)CCCNCCOc1cc(Cl)c(Br)cc1Cl. The van der Waals surface area contributed by atoms with Crippen LogP contribution >= 0.6 is 39.1 Å². The number of benzene rings is 1. The molecule has 19 heavy (non-hydrogen) atoms. The number of rotatable bonds is 8. The predicted octanol–water partition coefficient (Wildman–Crippen LogP) is 3.68. The van der Waals surface area contributed by atoms with Crippen LogP contribution in [0.3, 0.4) is 0 Å². The molecule has 0 aliphatic rings. The fourth-order valence-corrected chi connectivity index (χ4v) is 2.34. The molecule has 0 unspecified atom stereocenters. The summed E-state index contributed by atoms with van der Waals surface area (Å²) in [6.07, 6.45) is 1.12. The predicted molar refractivity (Wildman–Crippen MR) is 85.7 cm³/mol. The summed E-state index contributed by atoms with van der Waals surface area (Å²) >= 11 is 15.4. The molecule has 0 fully saturated rings. The van der Waals surface area contributed by atoms with Crippen LogP contribution in [-0.2, 0) is 0 Å². The number of halogens is 3. The largest absolute Gasteiger partial charge is 0.491 e. The van der Waals surface area contributed by atoms with E-state index in [2.05, 4.69) is 40.2 Å². The van der Waals surface area contributed by atoms with Crippen molar-refractivity contribution >= 4 is 39.1 Å². The Kier molecular flexibility index (Phi) is 8.11. The zero-order valence-electron chi connectivity index (χ0n) is 11.2. The molecule has 0 bridgehead atoms. The van der Waals surface area contributed by atoms with Gasteiger partial charge in [-0.1, -0.05) is 23.2 Å². The van der Waals surface area contributed by atoms with Gasteiger partial charge in [0.25, 0.3) is 0 Å². The van der Waals surface area contributed by atoms with Crippen LogP contribution in [0, 0.1) is 0 Å². The van der Waals surface area contributed by atoms with E-state index in [4.69, 9.17) is 27.9 Å². The summed E-state index contributed by atoms with van der Waals surface area (Å²) in [5, 5.41) is 4.47. The standard InChI is InChI=1S/C13H19BrCl2N2O/c1-18(2)6-3-4-17-5-7-19-13-9-11(15)10(14)8-12(13)16/h8-9,17H,3-7H2,1-2H3. The highest BCUT2D eigenvalue weighted by Crippen LogP contribution is 2.33. The van der Waals surface area contributed by atoms with E-state index < -0.39 is 0 Å². The molecule has 1 aromatic carbocycles. The van der Waals surface area contributed by atoms with Crippen LogP contribution in [0.15, 0.2) is 16.6 Å². The van der Waals surface area contributed by atoms with Crippen molar-refractivity contribution in [1.82, 2.24) is 10.2 Å². The second-order valence-electron chi connectivity index (χ2n) is 4.45. The van der Waals surface area contributed by atoms with Crippen LogP contribution in [-0.4, -0.2) is 45.2 Å². The maximum absolute atomic E-state index is 6.06. The fraction of sp³-hybridized carbons (Fsp3) is 0.538. The van der Waals surface area contributed by atoms with E-state index in [1.54, 1.807) is 12.1 Å². The molecule has 0 spiro atoms. The Labute approximate surface area is 133 Å². The van der Waals surface area contributed by atoms with E-state index in [0.717, 1.165) is 30.5 Å². The maximum atomic E-state index is 6.06. The van der Waals surface area contributed by atoms with Gasteiger partial charge in [-0.25, -0.2) is 0 Å². The molecule has 0 aliphatic carbocycles. The second-order valence-corrected chi connectivity index (χ2v) is 6.12. The van der Waals surface area contributed by atoms with Crippen molar-refractivity contribution in [2.45, 2.75) is 6.42 Å². The summed E-state index contributed by atoms with van der Waals surface area (Å²) in [5.41, 5.74) is 0. The summed E-state index contributed by atoms with van der Waals surface area (Å²) in [4.78, 5) is 2.17. The zero-order valence-corrected chi connectivity index (χ0v) is 14.3. The van der Waals surface area contributed by atoms with E-state index >= 15 is 0 Å². The molecule has 1 aromatic rings. The monoisotopic (exact) mass is 368 g/mol. The average Bonchev–Trinajstić information content (AvgIpc) is 2.33. The van der Waals surface area contributed by atoms with Gasteiger partial charge in [-0.15, -0.1) is 0 Å². The van der Waals surface area contributed by atoms with E-state index in [-0.39, 0.29) is 0 Å². The minimum absolute atomic E-state index is 0.559. The number of hydrogen-bond donors (Lipinski definition) is 1. The maximum Gasteiger partial charge on any atom is 0.139 e. The van der Waals surface area contributed by atoms with Gasteiger partial charge in [0, 0.05) is 17.1 Å². The minimum Gasteiger partial charge on any atom is -0.491 e. The van der Waals surface area contributed by atoms with E-state index in [0.29, 0.717) is 22.4 Å². The van der Waals surface area contributed by atoms with Crippen molar-refractivity contribution in [3.63, 3.8) is 0 Å². The molecular formula is C13H19BrCl2N2O. The number of nitrogens with zero attached hydrogens (tertiary/aromatic N) is 1. The smallest absolute Gasteiger partial charge is 0.139 e. The lowest BCUT2D eigenvalue weighted by molar-refractivity contribution is 0.311. The van der Waals surface area contributed by atoms with Gasteiger partial charge in [0.15, 0.2) is 0 Å². The lowest BCUT2D eigenvalue weighted by Crippen LogP contribution is -2.25. The van der Waals surface area contributed by atoms with Gasteiger partial charge >= 0.3 is 0 Å². The highest BCUT2D eigenvalue weighted by molar-refractivity contribution is 9.10. The Hall–Kier alpha value is -0.0000000000000000555. The first kappa shape index (κ1) is 17.1. The molecule has 108 valence electrons. The molecule has 3 nitrogen and oxygen atoms in total. The van der Waals surface area contributed by atoms with Crippen LogP contribution < -0.4 is 10.1 Å². The summed E-state index contributed by atoms with van der Waals surface area (Å²) in [5.74, 6) is 0.616. The Morgan fingerprint density at radius 3 is 2.63 bits per heavy atom. The van der Waals surface area contributed by atoms with Crippen LogP contribution in [0.4, 0.5) is 0 Å². The van der Waals surface area contributed by atoms with Crippen molar-refractivity contribution in [3.05, 3.63) is 26.7 Å². The van der Waals surface area contributed by atoms with Gasteiger partial charge in [0.1, 0.15) is 12.4 Å². The highest BCUT2D eigenvalue weighted by atomic mass is 79.9. The van der Waals surface area contributed by atoms with Crippen molar-refractivity contribution in [2.24, 2.45) is 0 Å². The Bertz CT molecular complexity index is 402. The first-order valence-electron chi connectivity index (χ1n) is 6.13. The van der Waals surface area contributed by atoms with Crippen molar-refractivity contribution in [3.8, 4) is 5.75 Å². The van der Waals surface area contributed by atoms with E-state index in [9.17, 15) is 0 Å². The van der Waals surface area contributed by atoms with Crippen molar-refractivity contribution in [2.75, 3.05) is 40.3 Å². The molecule has 0 aliphatic heterocycles. The minimum atomic E-state index is 0.559. The molecule has 0 heterocycles. The van der Waals surface area contributed by atoms with Crippen LogP contribution in [0.5, 0.6) is 5.75 Å². The lowest BCUT2D eigenvalue weighted by atomic mass is 10.3. The van der Waals surface area contributed by atoms with Gasteiger partial charge < -0.3 is 15.0 Å². The van der Waals surface area contributed by atoms with E-state index in [1.165, 1.54) is 0 Å². The molecule has 0 radical (unpaired) electrons.